The van der Waals surface area contributed by atoms with E-state index < -0.39 is 6.10 Å². The topological polar surface area (TPSA) is 60.4 Å². The molecule has 6 nitrogen and oxygen atoms in total. The van der Waals surface area contributed by atoms with Crippen molar-refractivity contribution in [3.63, 3.8) is 0 Å². The van der Waals surface area contributed by atoms with Gasteiger partial charge in [-0.3, -0.25) is 4.79 Å². The molecule has 2 aliphatic rings. The molecule has 25 heavy (non-hydrogen) atoms. The van der Waals surface area contributed by atoms with Crippen molar-refractivity contribution >= 4 is 17.8 Å². The molecule has 0 aliphatic carbocycles. The van der Waals surface area contributed by atoms with E-state index in [4.69, 9.17) is 14.3 Å². The van der Waals surface area contributed by atoms with Gasteiger partial charge in [0, 0.05) is 17.8 Å². The van der Waals surface area contributed by atoms with Crippen molar-refractivity contribution in [3.05, 3.63) is 53.6 Å². The third-order valence-corrected chi connectivity index (χ3v) is 4.32. The maximum atomic E-state index is 12.6. The first-order valence-corrected chi connectivity index (χ1v) is 8.20. The summed E-state index contributed by atoms with van der Waals surface area (Å²) in [6.07, 6.45) is 1.77. The Morgan fingerprint density at radius 1 is 1.24 bits per heavy atom. The predicted molar refractivity (Wildman–Crippen MR) is 93.2 cm³/mol. The van der Waals surface area contributed by atoms with E-state index in [-0.39, 0.29) is 12.7 Å². The second-order valence-electron chi connectivity index (χ2n) is 5.96. The Kier molecular flexibility index (Phi) is 4.01. The quantitative estimate of drug-likeness (QED) is 0.635. The summed E-state index contributed by atoms with van der Waals surface area (Å²) in [5, 5.41) is 3.95. The Morgan fingerprint density at radius 3 is 3.00 bits per heavy atom. The molecule has 4 rings (SSSR count). The van der Waals surface area contributed by atoms with Crippen LogP contribution in [0, 0.1) is 0 Å². The Hall–Kier alpha value is -3.02. The average Bonchev–Trinajstić information content (AvgIpc) is 3.27. The number of hydrogen-bond donors (Lipinski definition) is 0. The molecule has 0 radical (unpaired) electrons. The molecule has 1 amide bonds. The lowest BCUT2D eigenvalue weighted by molar-refractivity contribution is -0.128. The molecule has 0 spiro atoms. The van der Waals surface area contributed by atoms with Gasteiger partial charge < -0.3 is 19.2 Å². The van der Waals surface area contributed by atoms with E-state index in [0.29, 0.717) is 18.0 Å². The standard InChI is InChI=1S/C19H18N2O4/c1-13(19(22)21-9-8-15-4-2-3-5-16(15)21)25-20-11-14-6-7-17-18(10-14)24-12-23-17/h2-7,10-11,13H,8-9,12H2,1H3/b20-11-/t13-/m1/s1. The normalized spacial score (nSPS) is 16.1. The minimum absolute atomic E-state index is 0.0900. The van der Waals surface area contributed by atoms with Crippen molar-refractivity contribution in [2.45, 2.75) is 19.4 Å². The number of anilines is 1. The minimum atomic E-state index is -0.656. The molecule has 0 aromatic heterocycles. The number of nitrogens with zero attached hydrogens (tertiary/aromatic N) is 2. The van der Waals surface area contributed by atoms with E-state index in [1.807, 2.05) is 42.5 Å². The fourth-order valence-electron chi connectivity index (χ4n) is 3.01. The van der Waals surface area contributed by atoms with Crippen LogP contribution < -0.4 is 14.4 Å². The summed E-state index contributed by atoms with van der Waals surface area (Å²) in [5.74, 6) is 1.31. The SMILES string of the molecule is C[C@@H](O/N=C\c1ccc2c(c1)OCO2)C(=O)N1CCc2ccccc21. The van der Waals surface area contributed by atoms with Crippen LogP contribution in [-0.4, -0.2) is 31.6 Å². The number of carbonyl (C=O) groups excluding carboxylic acids is 1. The Morgan fingerprint density at radius 2 is 2.08 bits per heavy atom. The van der Waals surface area contributed by atoms with Gasteiger partial charge in [0.2, 0.25) is 12.9 Å². The van der Waals surface area contributed by atoms with Crippen LogP contribution >= 0.6 is 0 Å². The van der Waals surface area contributed by atoms with Crippen molar-refractivity contribution in [3.8, 4) is 11.5 Å². The molecule has 0 bridgehead atoms. The van der Waals surface area contributed by atoms with Crippen LogP contribution in [0.4, 0.5) is 5.69 Å². The van der Waals surface area contributed by atoms with Crippen LogP contribution in [0.15, 0.2) is 47.6 Å². The highest BCUT2D eigenvalue weighted by Crippen LogP contribution is 2.32. The van der Waals surface area contributed by atoms with Crippen LogP contribution in [0.25, 0.3) is 0 Å². The lowest BCUT2D eigenvalue weighted by Crippen LogP contribution is -2.37. The van der Waals surface area contributed by atoms with Gasteiger partial charge >= 0.3 is 0 Å². The zero-order chi connectivity index (χ0) is 17.2. The fraction of sp³-hybridized carbons (Fsp3) is 0.263. The van der Waals surface area contributed by atoms with Gasteiger partial charge in [0.15, 0.2) is 11.5 Å². The van der Waals surface area contributed by atoms with E-state index in [9.17, 15) is 4.79 Å². The van der Waals surface area contributed by atoms with Crippen LogP contribution in [0.3, 0.4) is 0 Å². The third kappa shape index (κ3) is 3.03. The first kappa shape index (κ1) is 15.5. The van der Waals surface area contributed by atoms with Gasteiger partial charge in [-0.15, -0.1) is 0 Å². The van der Waals surface area contributed by atoms with Crippen LogP contribution in [0.5, 0.6) is 11.5 Å². The van der Waals surface area contributed by atoms with Gasteiger partial charge in [-0.25, -0.2) is 0 Å². The Labute approximate surface area is 145 Å². The third-order valence-electron chi connectivity index (χ3n) is 4.32. The maximum absolute atomic E-state index is 12.6. The van der Waals surface area contributed by atoms with Crippen molar-refractivity contribution in [1.29, 1.82) is 0 Å². The van der Waals surface area contributed by atoms with E-state index in [1.165, 1.54) is 5.56 Å². The number of carbonyl (C=O) groups is 1. The monoisotopic (exact) mass is 338 g/mol. The van der Waals surface area contributed by atoms with Crippen molar-refractivity contribution in [1.82, 2.24) is 0 Å². The summed E-state index contributed by atoms with van der Waals surface area (Å²) in [5.41, 5.74) is 2.96. The molecule has 2 aromatic rings. The van der Waals surface area contributed by atoms with E-state index >= 15 is 0 Å². The van der Waals surface area contributed by atoms with Gasteiger partial charge in [-0.05, 0) is 43.2 Å². The molecule has 0 unspecified atom stereocenters. The zero-order valence-corrected chi connectivity index (χ0v) is 13.8. The van der Waals surface area contributed by atoms with Crippen LogP contribution in [0.1, 0.15) is 18.1 Å². The fourth-order valence-corrected chi connectivity index (χ4v) is 3.01. The van der Waals surface area contributed by atoms with Crippen molar-refractivity contribution < 1.29 is 19.1 Å². The Bertz CT molecular complexity index is 834. The first-order valence-electron chi connectivity index (χ1n) is 8.20. The van der Waals surface area contributed by atoms with E-state index in [2.05, 4.69) is 5.16 Å². The molecule has 2 aliphatic heterocycles. The van der Waals surface area contributed by atoms with E-state index in [1.54, 1.807) is 18.0 Å². The number of fused-ring (bicyclic) bond motifs is 2. The summed E-state index contributed by atoms with van der Waals surface area (Å²) < 4.78 is 10.6. The Balaban J connectivity index is 1.39. The molecule has 0 fully saturated rings. The largest absolute Gasteiger partial charge is 0.454 e. The zero-order valence-electron chi connectivity index (χ0n) is 13.8. The van der Waals surface area contributed by atoms with Crippen molar-refractivity contribution in [2.75, 3.05) is 18.2 Å². The second-order valence-corrected chi connectivity index (χ2v) is 5.96. The smallest absolute Gasteiger partial charge is 0.270 e. The van der Waals surface area contributed by atoms with Crippen LogP contribution in [-0.2, 0) is 16.1 Å². The number of para-hydroxylation sites is 1. The minimum Gasteiger partial charge on any atom is -0.454 e. The predicted octanol–water partition coefficient (Wildman–Crippen LogP) is 2.74. The maximum Gasteiger partial charge on any atom is 0.270 e. The van der Waals surface area contributed by atoms with Gasteiger partial charge in [0.05, 0.1) is 6.21 Å². The summed E-state index contributed by atoms with van der Waals surface area (Å²) in [6.45, 7) is 2.62. The van der Waals surface area contributed by atoms with Gasteiger partial charge in [0.25, 0.3) is 5.91 Å². The molecule has 0 saturated carbocycles. The molecule has 2 heterocycles. The second kappa shape index (κ2) is 6.47. The number of benzene rings is 2. The number of hydrogen-bond acceptors (Lipinski definition) is 5. The summed E-state index contributed by atoms with van der Waals surface area (Å²) in [4.78, 5) is 19.7. The highest BCUT2D eigenvalue weighted by atomic mass is 16.7. The number of rotatable bonds is 4. The highest BCUT2D eigenvalue weighted by Gasteiger charge is 2.28. The highest BCUT2D eigenvalue weighted by molar-refractivity contribution is 5.98. The first-order chi connectivity index (χ1) is 12.2. The summed E-state index contributed by atoms with van der Waals surface area (Å²) in [7, 11) is 0. The number of ether oxygens (including phenoxy) is 2. The molecule has 0 saturated heterocycles. The van der Waals surface area contributed by atoms with Crippen LogP contribution in [0.2, 0.25) is 0 Å². The lowest BCUT2D eigenvalue weighted by atomic mass is 10.2. The number of oxime groups is 1. The van der Waals surface area contributed by atoms with Gasteiger partial charge in [0.1, 0.15) is 0 Å². The van der Waals surface area contributed by atoms with Gasteiger partial charge in [-0.2, -0.15) is 0 Å². The molecular formula is C19H18N2O4. The average molecular weight is 338 g/mol. The molecule has 128 valence electrons. The molecule has 0 N–H and O–H groups in total. The lowest BCUT2D eigenvalue weighted by Gasteiger charge is -2.20. The molecule has 2 aromatic carbocycles. The summed E-state index contributed by atoms with van der Waals surface area (Å²) in [6, 6.07) is 13.4. The summed E-state index contributed by atoms with van der Waals surface area (Å²) >= 11 is 0. The van der Waals surface area contributed by atoms with E-state index in [0.717, 1.165) is 17.7 Å². The molecule has 1 atom stereocenters. The van der Waals surface area contributed by atoms with Gasteiger partial charge in [-0.1, -0.05) is 23.4 Å². The number of amides is 1. The molecule has 6 heteroatoms. The molecular weight excluding hydrogens is 320 g/mol. The van der Waals surface area contributed by atoms with Crippen molar-refractivity contribution in [2.24, 2.45) is 5.16 Å².